The van der Waals surface area contributed by atoms with Gasteiger partial charge in [0.2, 0.25) is 5.91 Å². The lowest BCUT2D eigenvalue weighted by Gasteiger charge is -2.26. The quantitative estimate of drug-likeness (QED) is 0.613. The average Bonchev–Trinajstić information content (AvgIpc) is 3.36. The van der Waals surface area contributed by atoms with Gasteiger partial charge in [0.05, 0.1) is 35.4 Å². The summed E-state index contributed by atoms with van der Waals surface area (Å²) in [6.45, 7) is 3.75. The zero-order chi connectivity index (χ0) is 21.5. The lowest BCUT2D eigenvalue weighted by molar-refractivity contribution is -0.133. The third-order valence-corrected chi connectivity index (χ3v) is 6.19. The maximum Gasteiger partial charge on any atom is 0.239 e. The van der Waals surface area contributed by atoms with Crippen LogP contribution in [-0.4, -0.2) is 75.8 Å². The third kappa shape index (κ3) is 3.64. The number of fused-ring (bicyclic) bond motifs is 5. The number of ether oxygens (including phenoxy) is 1. The summed E-state index contributed by atoms with van der Waals surface area (Å²) < 4.78 is 7.90. The van der Waals surface area contributed by atoms with Gasteiger partial charge in [-0.3, -0.25) is 9.78 Å². The van der Waals surface area contributed by atoms with Gasteiger partial charge in [-0.2, -0.15) is 0 Å². The summed E-state index contributed by atoms with van der Waals surface area (Å²) >= 11 is 0. The van der Waals surface area contributed by atoms with Crippen LogP contribution in [0.5, 0.6) is 0 Å². The number of amides is 1. The van der Waals surface area contributed by atoms with Crippen LogP contribution in [-0.2, 0) is 16.1 Å². The van der Waals surface area contributed by atoms with Gasteiger partial charge in [0.1, 0.15) is 17.3 Å². The lowest BCUT2D eigenvalue weighted by Crippen LogP contribution is -2.45. The topological polar surface area (TPSA) is 97.2 Å². The molecule has 0 aromatic carbocycles. The molecule has 0 saturated carbocycles. The van der Waals surface area contributed by atoms with Gasteiger partial charge in [-0.25, -0.2) is 9.97 Å². The molecule has 1 unspecified atom stereocenters. The van der Waals surface area contributed by atoms with Crippen molar-refractivity contribution in [2.24, 2.45) is 0 Å². The highest BCUT2D eigenvalue weighted by Gasteiger charge is 2.32. The number of aromatic nitrogens is 4. The van der Waals surface area contributed by atoms with Crippen molar-refractivity contribution in [3.63, 3.8) is 0 Å². The maximum atomic E-state index is 13.0. The Balaban J connectivity index is 1.66. The molecule has 5 heterocycles. The normalized spacial score (nSPS) is 24.0. The number of imidazole rings is 1. The Morgan fingerprint density at radius 2 is 2.06 bits per heavy atom. The fraction of sp³-hybridized carbons (Fsp3) is 0.455. The van der Waals surface area contributed by atoms with Crippen molar-refractivity contribution in [3.05, 3.63) is 36.3 Å². The number of nitrogens with one attached hydrogen (secondary N) is 2. The molecule has 9 heteroatoms. The summed E-state index contributed by atoms with van der Waals surface area (Å²) in [4.78, 5) is 29.0. The molecule has 9 nitrogen and oxygen atoms in total. The summed E-state index contributed by atoms with van der Waals surface area (Å²) in [6.07, 6.45) is 2.30. The first-order valence-electron chi connectivity index (χ1n) is 10.6. The van der Waals surface area contributed by atoms with E-state index in [1.807, 2.05) is 38.2 Å². The molecule has 1 fully saturated rings. The molecule has 0 radical (unpaired) electrons. The molecule has 1 saturated heterocycles. The number of anilines is 1. The molecule has 4 bridgehead atoms. The van der Waals surface area contributed by atoms with Crippen LogP contribution in [0.4, 0.5) is 5.82 Å². The van der Waals surface area contributed by atoms with E-state index in [2.05, 4.69) is 20.2 Å². The van der Waals surface area contributed by atoms with Crippen LogP contribution >= 0.6 is 0 Å². The fourth-order valence-electron chi connectivity index (χ4n) is 4.57. The first kappa shape index (κ1) is 19.9. The van der Waals surface area contributed by atoms with Gasteiger partial charge in [0.15, 0.2) is 0 Å². The van der Waals surface area contributed by atoms with Crippen LogP contribution in [0.3, 0.4) is 0 Å². The van der Waals surface area contributed by atoms with E-state index in [1.54, 1.807) is 18.2 Å². The van der Waals surface area contributed by atoms with Crippen molar-refractivity contribution in [2.45, 2.75) is 38.1 Å². The molecule has 31 heavy (non-hydrogen) atoms. The Morgan fingerprint density at radius 3 is 2.90 bits per heavy atom. The first-order chi connectivity index (χ1) is 15.0. The van der Waals surface area contributed by atoms with Gasteiger partial charge in [0.25, 0.3) is 0 Å². The van der Waals surface area contributed by atoms with Gasteiger partial charge in [0, 0.05) is 39.5 Å². The van der Waals surface area contributed by atoms with Crippen molar-refractivity contribution in [1.82, 2.24) is 29.7 Å². The monoisotopic (exact) mass is 421 g/mol. The number of methoxy groups -OCH3 is 1. The highest BCUT2D eigenvalue weighted by atomic mass is 16.5. The van der Waals surface area contributed by atoms with Gasteiger partial charge >= 0.3 is 0 Å². The summed E-state index contributed by atoms with van der Waals surface area (Å²) in [7, 11) is 3.52. The molecular formula is C22H27N7O2. The molecule has 0 spiro atoms. The zero-order valence-electron chi connectivity index (χ0n) is 18.0. The molecule has 2 N–H and O–H groups in total. The first-order valence-corrected chi connectivity index (χ1v) is 10.6. The van der Waals surface area contributed by atoms with Gasteiger partial charge in [-0.05, 0) is 31.5 Å². The Hall–Kier alpha value is -3.04. The van der Waals surface area contributed by atoms with E-state index in [-0.39, 0.29) is 24.1 Å². The van der Waals surface area contributed by atoms with Crippen LogP contribution in [0, 0.1) is 6.92 Å². The number of aryl methyl sites for hydroxylation is 1. The number of likely N-dealkylation sites (N-methyl/N-ethyl adjacent to an activating group) is 1. The van der Waals surface area contributed by atoms with Gasteiger partial charge in [-0.15, -0.1) is 0 Å². The smallest absolute Gasteiger partial charge is 0.239 e. The summed E-state index contributed by atoms with van der Waals surface area (Å²) in [6, 6.07) is 7.73. The average molecular weight is 422 g/mol. The summed E-state index contributed by atoms with van der Waals surface area (Å²) in [5, 5.41) is 6.82. The van der Waals surface area contributed by atoms with Crippen LogP contribution < -0.4 is 10.6 Å². The maximum absolute atomic E-state index is 13.0. The minimum atomic E-state index is -0.214. The van der Waals surface area contributed by atoms with E-state index in [0.717, 1.165) is 34.1 Å². The summed E-state index contributed by atoms with van der Waals surface area (Å²) in [5.41, 5.74) is 3.38. The van der Waals surface area contributed by atoms with E-state index in [4.69, 9.17) is 14.7 Å². The minimum Gasteiger partial charge on any atom is -0.378 e. The molecule has 2 aliphatic rings. The fourth-order valence-corrected chi connectivity index (χ4v) is 4.57. The van der Waals surface area contributed by atoms with Gasteiger partial charge < -0.3 is 24.8 Å². The second-order valence-corrected chi connectivity index (χ2v) is 8.32. The number of nitrogens with zero attached hydrogens (tertiary/aromatic N) is 5. The van der Waals surface area contributed by atoms with Crippen LogP contribution in [0.2, 0.25) is 0 Å². The van der Waals surface area contributed by atoms with Crippen LogP contribution in [0.1, 0.15) is 12.2 Å². The van der Waals surface area contributed by atoms with Crippen molar-refractivity contribution in [2.75, 3.05) is 32.6 Å². The highest BCUT2D eigenvalue weighted by Crippen LogP contribution is 2.28. The minimum absolute atomic E-state index is 0.0810. The Morgan fingerprint density at radius 1 is 1.19 bits per heavy atom. The van der Waals surface area contributed by atoms with Crippen LogP contribution in [0.15, 0.2) is 30.5 Å². The largest absolute Gasteiger partial charge is 0.378 e. The number of hydrogen-bond donors (Lipinski definition) is 2. The summed E-state index contributed by atoms with van der Waals surface area (Å²) in [5.74, 6) is 1.73. The Labute approximate surface area is 180 Å². The molecule has 0 aliphatic carbocycles. The van der Waals surface area contributed by atoms with Gasteiger partial charge in [-0.1, -0.05) is 6.07 Å². The van der Waals surface area contributed by atoms with Crippen molar-refractivity contribution in [1.29, 1.82) is 0 Å². The second kappa shape index (κ2) is 7.90. The predicted octanol–water partition coefficient (Wildman–Crippen LogP) is 1.43. The van der Waals surface area contributed by atoms with E-state index in [9.17, 15) is 4.79 Å². The van der Waals surface area contributed by atoms with Crippen molar-refractivity contribution >= 4 is 22.8 Å². The molecule has 2 aliphatic heterocycles. The SMILES string of the molecule is CO[C@@H]1CN(C)C(=O)[C@@H]2CC(CN2)Nc2cccc(n2)-c2nccc3nc(C)n(c23)C1. The molecule has 3 aromatic heterocycles. The number of carbonyl (C=O) groups is 1. The molecule has 5 rings (SSSR count). The Bertz CT molecular complexity index is 1130. The molecular weight excluding hydrogens is 394 g/mol. The van der Waals surface area contributed by atoms with E-state index >= 15 is 0 Å². The number of pyridine rings is 2. The number of carbonyl (C=O) groups excluding carboxylic acids is 1. The molecule has 1 amide bonds. The second-order valence-electron chi connectivity index (χ2n) is 8.32. The standard InChI is InChI=1S/C22H27N7O2/c1-13-25-17-7-8-23-20-16-5-4-6-19(27-16)26-14-9-18(24-10-14)22(30)28(2)11-15(31-3)12-29(13)21(17)20/h4-8,14-15,18,24H,9-12H2,1-3H3,(H,26,27)/t14?,15-,18+/m1/s1. The Kier molecular flexibility index (Phi) is 5.07. The zero-order valence-corrected chi connectivity index (χ0v) is 18.0. The number of rotatable bonds is 1. The third-order valence-electron chi connectivity index (χ3n) is 6.19. The lowest BCUT2D eigenvalue weighted by atomic mass is 10.1. The van der Waals surface area contributed by atoms with Crippen molar-refractivity contribution < 1.29 is 9.53 Å². The predicted molar refractivity (Wildman–Crippen MR) is 118 cm³/mol. The molecule has 3 aromatic rings. The van der Waals surface area contributed by atoms with Crippen molar-refractivity contribution in [3.8, 4) is 11.4 Å². The van der Waals surface area contributed by atoms with E-state index in [0.29, 0.717) is 26.1 Å². The molecule has 162 valence electrons. The van der Waals surface area contributed by atoms with Crippen LogP contribution in [0.25, 0.3) is 22.4 Å². The number of hydrogen-bond acceptors (Lipinski definition) is 7. The van der Waals surface area contributed by atoms with E-state index < -0.39 is 0 Å². The highest BCUT2D eigenvalue weighted by molar-refractivity contribution is 5.89. The molecule has 3 atom stereocenters. The van der Waals surface area contributed by atoms with E-state index in [1.165, 1.54) is 0 Å².